The Kier molecular flexibility index (Phi) is 3.71. The van der Waals surface area contributed by atoms with Crippen LogP contribution in [0.1, 0.15) is 22.3 Å². The molecule has 0 aliphatic rings. The minimum atomic E-state index is -1.03. The maximum absolute atomic E-state index is 12.8. The summed E-state index contributed by atoms with van der Waals surface area (Å²) < 4.78 is 25.5. The third-order valence-corrected chi connectivity index (χ3v) is 1.91. The van der Waals surface area contributed by atoms with E-state index in [0.29, 0.717) is 24.7 Å². The van der Waals surface area contributed by atoms with Crippen LogP contribution >= 0.6 is 0 Å². The van der Waals surface area contributed by atoms with Crippen molar-refractivity contribution in [1.29, 1.82) is 0 Å². The van der Waals surface area contributed by atoms with Crippen LogP contribution in [0.2, 0.25) is 0 Å². The molecule has 0 heterocycles. The second-order valence-corrected chi connectivity index (χ2v) is 2.91. The van der Waals surface area contributed by atoms with Crippen molar-refractivity contribution in [2.24, 2.45) is 0 Å². The van der Waals surface area contributed by atoms with Crippen molar-refractivity contribution in [3.8, 4) is 0 Å². The number of carbonyl (C=O) groups is 1. The summed E-state index contributed by atoms with van der Waals surface area (Å²) in [5, 5.41) is 8.56. The van der Waals surface area contributed by atoms with Gasteiger partial charge in [0, 0.05) is 12.2 Å². The number of rotatable bonds is 4. The molecule has 1 aromatic rings. The molecule has 0 fully saturated rings. The second kappa shape index (κ2) is 4.81. The number of hydrogen-bond acceptors (Lipinski definition) is 2. The standard InChI is InChI=1S/C10H10F2O2/c11-9-4-7(2-1-3-13)8(6-14)5-10(9)12/h4-6,13H,1-3H2. The first-order valence-electron chi connectivity index (χ1n) is 4.23. The van der Waals surface area contributed by atoms with Gasteiger partial charge in [0.15, 0.2) is 11.6 Å². The molecule has 76 valence electrons. The van der Waals surface area contributed by atoms with E-state index in [2.05, 4.69) is 0 Å². The van der Waals surface area contributed by atoms with Gasteiger partial charge in [0.05, 0.1) is 0 Å². The van der Waals surface area contributed by atoms with Crippen LogP contribution in [-0.2, 0) is 6.42 Å². The van der Waals surface area contributed by atoms with Crippen LogP contribution in [0.15, 0.2) is 12.1 Å². The Balaban J connectivity index is 3.00. The van der Waals surface area contributed by atoms with Crippen LogP contribution in [0, 0.1) is 11.6 Å². The highest BCUT2D eigenvalue weighted by Crippen LogP contribution is 2.15. The lowest BCUT2D eigenvalue weighted by atomic mass is 10.0. The van der Waals surface area contributed by atoms with Crippen LogP contribution in [0.25, 0.3) is 0 Å². The van der Waals surface area contributed by atoms with E-state index in [-0.39, 0.29) is 12.2 Å². The third-order valence-electron chi connectivity index (χ3n) is 1.91. The quantitative estimate of drug-likeness (QED) is 0.751. The number of aryl methyl sites for hydroxylation is 1. The molecule has 0 spiro atoms. The molecule has 1 aromatic carbocycles. The molecule has 0 saturated carbocycles. The number of aliphatic hydroxyl groups is 1. The highest BCUT2D eigenvalue weighted by molar-refractivity contribution is 5.77. The smallest absolute Gasteiger partial charge is 0.159 e. The van der Waals surface area contributed by atoms with Crippen molar-refractivity contribution in [3.63, 3.8) is 0 Å². The van der Waals surface area contributed by atoms with E-state index in [0.717, 1.165) is 12.1 Å². The molecule has 0 saturated heterocycles. The Bertz CT molecular complexity index is 337. The summed E-state index contributed by atoms with van der Waals surface area (Å²) in [6, 6.07) is 1.86. The second-order valence-electron chi connectivity index (χ2n) is 2.91. The predicted molar refractivity (Wildman–Crippen MR) is 47.2 cm³/mol. The average Bonchev–Trinajstić information content (AvgIpc) is 2.19. The van der Waals surface area contributed by atoms with Crippen LogP contribution in [0.3, 0.4) is 0 Å². The van der Waals surface area contributed by atoms with E-state index in [9.17, 15) is 13.6 Å². The van der Waals surface area contributed by atoms with Crippen LogP contribution in [0.4, 0.5) is 8.78 Å². The first-order valence-corrected chi connectivity index (χ1v) is 4.23. The summed E-state index contributed by atoms with van der Waals surface area (Å²) in [6.45, 7) is -0.0444. The Labute approximate surface area is 80.2 Å². The molecule has 0 unspecified atom stereocenters. The van der Waals surface area contributed by atoms with E-state index >= 15 is 0 Å². The fourth-order valence-electron chi connectivity index (χ4n) is 1.20. The van der Waals surface area contributed by atoms with Gasteiger partial charge in [-0.05, 0) is 30.5 Å². The van der Waals surface area contributed by atoms with Crippen molar-refractivity contribution in [1.82, 2.24) is 0 Å². The van der Waals surface area contributed by atoms with Gasteiger partial charge in [-0.15, -0.1) is 0 Å². The number of halogens is 2. The minimum Gasteiger partial charge on any atom is -0.396 e. The van der Waals surface area contributed by atoms with Crippen molar-refractivity contribution < 1.29 is 18.7 Å². The number of aliphatic hydroxyl groups excluding tert-OH is 1. The lowest BCUT2D eigenvalue weighted by Gasteiger charge is -2.04. The predicted octanol–water partition coefficient (Wildman–Crippen LogP) is 1.70. The summed E-state index contributed by atoms with van der Waals surface area (Å²) in [4.78, 5) is 10.5. The molecule has 0 aliphatic carbocycles. The SMILES string of the molecule is O=Cc1cc(F)c(F)cc1CCCO. The molecule has 0 atom stereocenters. The third kappa shape index (κ3) is 2.35. The van der Waals surface area contributed by atoms with Crippen LogP contribution in [0.5, 0.6) is 0 Å². The molecular formula is C10H10F2O2. The van der Waals surface area contributed by atoms with Gasteiger partial charge in [-0.1, -0.05) is 0 Å². The normalized spacial score (nSPS) is 10.2. The monoisotopic (exact) mass is 200 g/mol. The molecule has 0 radical (unpaired) electrons. The Hall–Kier alpha value is -1.29. The van der Waals surface area contributed by atoms with Gasteiger partial charge in [0.25, 0.3) is 0 Å². The van der Waals surface area contributed by atoms with Gasteiger partial charge in [-0.3, -0.25) is 4.79 Å². The van der Waals surface area contributed by atoms with E-state index in [1.54, 1.807) is 0 Å². The summed E-state index contributed by atoms with van der Waals surface area (Å²) in [7, 11) is 0. The minimum absolute atomic E-state index is 0.0444. The maximum atomic E-state index is 12.8. The molecule has 0 amide bonds. The summed E-state index contributed by atoms with van der Waals surface area (Å²) in [5.74, 6) is -2.00. The van der Waals surface area contributed by atoms with Gasteiger partial charge in [-0.2, -0.15) is 0 Å². The maximum Gasteiger partial charge on any atom is 0.159 e. The largest absolute Gasteiger partial charge is 0.396 e. The van der Waals surface area contributed by atoms with Crippen molar-refractivity contribution >= 4 is 6.29 Å². The molecule has 1 N–H and O–H groups in total. The highest BCUT2D eigenvalue weighted by atomic mass is 19.2. The number of carbonyl (C=O) groups excluding carboxylic acids is 1. The molecule has 14 heavy (non-hydrogen) atoms. The van der Waals surface area contributed by atoms with E-state index in [1.165, 1.54) is 0 Å². The molecule has 0 aromatic heterocycles. The van der Waals surface area contributed by atoms with Crippen molar-refractivity contribution in [2.45, 2.75) is 12.8 Å². The summed E-state index contributed by atoms with van der Waals surface area (Å²) in [5.41, 5.74) is 0.560. The van der Waals surface area contributed by atoms with Gasteiger partial charge in [0.2, 0.25) is 0 Å². The van der Waals surface area contributed by atoms with Gasteiger partial charge in [-0.25, -0.2) is 8.78 Å². The highest BCUT2D eigenvalue weighted by Gasteiger charge is 2.08. The van der Waals surface area contributed by atoms with Crippen molar-refractivity contribution in [3.05, 3.63) is 34.9 Å². The van der Waals surface area contributed by atoms with Gasteiger partial charge < -0.3 is 5.11 Å². The topological polar surface area (TPSA) is 37.3 Å². The Morgan fingerprint density at radius 3 is 2.50 bits per heavy atom. The van der Waals surface area contributed by atoms with Crippen LogP contribution < -0.4 is 0 Å². The lowest BCUT2D eigenvalue weighted by Crippen LogP contribution is -1.98. The fraction of sp³-hybridized carbons (Fsp3) is 0.300. The average molecular weight is 200 g/mol. The van der Waals surface area contributed by atoms with Gasteiger partial charge in [0.1, 0.15) is 6.29 Å². The molecule has 0 bridgehead atoms. The summed E-state index contributed by atoms with van der Waals surface area (Å²) >= 11 is 0. The molecule has 2 nitrogen and oxygen atoms in total. The lowest BCUT2D eigenvalue weighted by molar-refractivity contribution is 0.112. The molecule has 0 aliphatic heterocycles. The summed E-state index contributed by atoms with van der Waals surface area (Å²) in [6.07, 6.45) is 1.27. The Morgan fingerprint density at radius 1 is 1.29 bits per heavy atom. The zero-order valence-corrected chi connectivity index (χ0v) is 7.46. The first kappa shape index (κ1) is 10.8. The van der Waals surface area contributed by atoms with E-state index in [1.807, 2.05) is 0 Å². The molecule has 1 rings (SSSR count). The molecular weight excluding hydrogens is 190 g/mol. The van der Waals surface area contributed by atoms with Gasteiger partial charge >= 0.3 is 0 Å². The Morgan fingerprint density at radius 2 is 1.93 bits per heavy atom. The first-order chi connectivity index (χ1) is 6.69. The van der Waals surface area contributed by atoms with Crippen LogP contribution in [-0.4, -0.2) is 18.0 Å². The van der Waals surface area contributed by atoms with Crippen molar-refractivity contribution in [2.75, 3.05) is 6.61 Å². The number of benzene rings is 1. The zero-order chi connectivity index (χ0) is 10.6. The van der Waals surface area contributed by atoms with E-state index < -0.39 is 11.6 Å². The number of hydrogen-bond donors (Lipinski definition) is 1. The van der Waals surface area contributed by atoms with E-state index in [4.69, 9.17) is 5.11 Å². The fourth-order valence-corrected chi connectivity index (χ4v) is 1.20. The number of aldehydes is 1. The molecule has 4 heteroatoms. The zero-order valence-electron chi connectivity index (χ0n) is 7.46.